The Hall–Kier alpha value is -3.38. The van der Waals surface area contributed by atoms with E-state index < -0.39 is 0 Å². The number of hydrogen-bond acceptors (Lipinski definition) is 4. The average molecular weight is 419 g/mol. The second-order valence-corrected chi connectivity index (χ2v) is 7.75. The van der Waals surface area contributed by atoms with Gasteiger partial charge in [0.1, 0.15) is 0 Å². The van der Waals surface area contributed by atoms with E-state index in [1.807, 2.05) is 66.4 Å². The second-order valence-electron chi connectivity index (χ2n) is 7.31. The zero-order valence-corrected chi connectivity index (χ0v) is 17.1. The van der Waals surface area contributed by atoms with E-state index in [0.29, 0.717) is 35.9 Å². The van der Waals surface area contributed by atoms with E-state index in [2.05, 4.69) is 10.3 Å². The van der Waals surface area contributed by atoms with E-state index in [1.54, 1.807) is 10.9 Å². The summed E-state index contributed by atoms with van der Waals surface area (Å²) >= 11 is 6.00. The van der Waals surface area contributed by atoms with Gasteiger partial charge in [-0.05, 0) is 43.3 Å². The van der Waals surface area contributed by atoms with E-state index >= 15 is 0 Å². The lowest BCUT2D eigenvalue weighted by molar-refractivity contribution is 0.0734. The van der Waals surface area contributed by atoms with Gasteiger partial charge in [0, 0.05) is 29.1 Å². The van der Waals surface area contributed by atoms with E-state index in [1.165, 1.54) is 0 Å². The summed E-state index contributed by atoms with van der Waals surface area (Å²) in [6.07, 6.45) is 2.30. The molecule has 0 aliphatic carbocycles. The molecule has 0 radical (unpaired) electrons. The first-order chi connectivity index (χ1) is 14.6. The van der Waals surface area contributed by atoms with Crippen LogP contribution in [0.25, 0.3) is 17.0 Å². The predicted octanol–water partition coefficient (Wildman–Crippen LogP) is 4.69. The number of fused-ring (bicyclic) bond motifs is 1. The van der Waals surface area contributed by atoms with Crippen LogP contribution in [0.15, 0.2) is 65.3 Å². The molecule has 0 fully saturated rings. The van der Waals surface area contributed by atoms with Crippen molar-refractivity contribution in [3.05, 3.63) is 88.3 Å². The van der Waals surface area contributed by atoms with Crippen molar-refractivity contribution in [2.45, 2.75) is 19.9 Å². The van der Waals surface area contributed by atoms with Crippen LogP contribution in [0.5, 0.6) is 0 Å². The molecule has 2 aromatic carbocycles. The number of rotatable bonds is 3. The molecule has 1 amide bonds. The van der Waals surface area contributed by atoms with Gasteiger partial charge in [0.25, 0.3) is 5.91 Å². The summed E-state index contributed by atoms with van der Waals surface area (Å²) in [5.41, 5.74) is 5.10. The van der Waals surface area contributed by atoms with Crippen LogP contribution in [0.2, 0.25) is 5.02 Å². The molecule has 6 nitrogen and oxygen atoms in total. The van der Waals surface area contributed by atoms with E-state index in [9.17, 15) is 4.79 Å². The number of halogens is 1. The standard InChI is InChI=1S/C23H19ClN4O2/c1-15-19(13-25-28(15)18-5-3-2-4-6-18)23(29)27-12-11-21-20(14-27)22(30-26-21)16-7-9-17(24)10-8-16/h2-10,13H,11-12,14H2,1H3. The first-order valence-corrected chi connectivity index (χ1v) is 10.1. The molecule has 150 valence electrons. The van der Waals surface area contributed by atoms with Crippen molar-refractivity contribution in [2.24, 2.45) is 0 Å². The molecule has 2 aromatic heterocycles. The van der Waals surface area contributed by atoms with Gasteiger partial charge in [0.05, 0.1) is 35.4 Å². The minimum atomic E-state index is -0.0383. The molecule has 5 rings (SSSR count). The molecule has 0 saturated carbocycles. The monoisotopic (exact) mass is 418 g/mol. The maximum atomic E-state index is 13.3. The summed E-state index contributed by atoms with van der Waals surface area (Å²) in [7, 11) is 0. The highest BCUT2D eigenvalue weighted by atomic mass is 35.5. The van der Waals surface area contributed by atoms with Gasteiger partial charge < -0.3 is 9.42 Å². The number of amides is 1. The number of para-hydroxylation sites is 1. The minimum absolute atomic E-state index is 0.0383. The van der Waals surface area contributed by atoms with Gasteiger partial charge in [-0.1, -0.05) is 35.0 Å². The molecule has 0 bridgehead atoms. The summed E-state index contributed by atoms with van der Waals surface area (Å²) in [6, 6.07) is 17.2. The van der Waals surface area contributed by atoms with Gasteiger partial charge in [-0.25, -0.2) is 4.68 Å². The minimum Gasteiger partial charge on any atom is -0.356 e. The Labute approximate surface area is 178 Å². The van der Waals surface area contributed by atoms with Crippen LogP contribution in [0, 0.1) is 6.92 Å². The smallest absolute Gasteiger partial charge is 0.257 e. The number of nitrogens with zero attached hydrogens (tertiary/aromatic N) is 4. The van der Waals surface area contributed by atoms with Crippen LogP contribution in [0.4, 0.5) is 0 Å². The van der Waals surface area contributed by atoms with Crippen LogP contribution in [-0.2, 0) is 13.0 Å². The highest BCUT2D eigenvalue weighted by Gasteiger charge is 2.29. The van der Waals surface area contributed by atoms with Gasteiger partial charge in [0.15, 0.2) is 5.76 Å². The lowest BCUT2D eigenvalue weighted by Gasteiger charge is -2.26. The Balaban J connectivity index is 1.43. The summed E-state index contributed by atoms with van der Waals surface area (Å²) in [5.74, 6) is 0.652. The van der Waals surface area contributed by atoms with E-state index in [-0.39, 0.29) is 5.91 Å². The molecule has 0 spiro atoms. The third-order valence-electron chi connectivity index (χ3n) is 5.47. The normalized spacial score (nSPS) is 13.3. The topological polar surface area (TPSA) is 64.2 Å². The van der Waals surface area contributed by atoms with Crippen molar-refractivity contribution in [1.29, 1.82) is 0 Å². The molecule has 1 aliphatic heterocycles. The fraction of sp³-hybridized carbons (Fsp3) is 0.174. The molecule has 0 unspecified atom stereocenters. The number of hydrogen-bond donors (Lipinski definition) is 0. The zero-order valence-electron chi connectivity index (χ0n) is 16.4. The summed E-state index contributed by atoms with van der Waals surface area (Å²) in [4.78, 5) is 15.1. The molecular weight excluding hydrogens is 400 g/mol. The first kappa shape index (κ1) is 18.6. The highest BCUT2D eigenvalue weighted by Crippen LogP contribution is 2.32. The molecule has 0 atom stereocenters. The molecule has 7 heteroatoms. The summed E-state index contributed by atoms with van der Waals surface area (Å²) in [5, 5.41) is 9.32. The Morgan fingerprint density at radius 1 is 1.10 bits per heavy atom. The molecule has 0 saturated heterocycles. The Morgan fingerprint density at radius 3 is 2.63 bits per heavy atom. The number of aromatic nitrogens is 3. The Bertz CT molecular complexity index is 1210. The molecule has 0 N–H and O–H groups in total. The SMILES string of the molecule is Cc1c(C(=O)N2CCc3noc(-c4ccc(Cl)cc4)c3C2)cnn1-c1ccccc1. The fourth-order valence-electron chi connectivity index (χ4n) is 3.83. The van der Waals surface area contributed by atoms with Crippen molar-refractivity contribution in [3.8, 4) is 17.0 Å². The van der Waals surface area contributed by atoms with Gasteiger partial charge in [-0.3, -0.25) is 4.79 Å². The van der Waals surface area contributed by atoms with Gasteiger partial charge in [-0.15, -0.1) is 0 Å². The van der Waals surface area contributed by atoms with Gasteiger partial charge >= 0.3 is 0 Å². The third-order valence-corrected chi connectivity index (χ3v) is 5.72. The molecule has 3 heterocycles. The Kier molecular flexibility index (Phi) is 4.64. The molecule has 4 aromatic rings. The first-order valence-electron chi connectivity index (χ1n) is 9.74. The maximum Gasteiger partial charge on any atom is 0.257 e. The van der Waals surface area contributed by atoms with Crippen LogP contribution in [-0.4, -0.2) is 32.3 Å². The van der Waals surface area contributed by atoms with Crippen LogP contribution < -0.4 is 0 Å². The van der Waals surface area contributed by atoms with Crippen LogP contribution in [0.3, 0.4) is 0 Å². The molecule has 30 heavy (non-hydrogen) atoms. The van der Waals surface area contributed by atoms with Crippen molar-refractivity contribution in [2.75, 3.05) is 6.54 Å². The fourth-order valence-corrected chi connectivity index (χ4v) is 3.96. The van der Waals surface area contributed by atoms with Crippen molar-refractivity contribution >= 4 is 17.5 Å². The second kappa shape index (κ2) is 7.46. The summed E-state index contributed by atoms with van der Waals surface area (Å²) < 4.78 is 7.41. The maximum absolute atomic E-state index is 13.3. The van der Waals surface area contributed by atoms with Crippen molar-refractivity contribution in [1.82, 2.24) is 19.8 Å². The number of carbonyl (C=O) groups excluding carboxylic acids is 1. The van der Waals surface area contributed by atoms with E-state index in [4.69, 9.17) is 16.1 Å². The zero-order chi connectivity index (χ0) is 20.7. The molecule has 1 aliphatic rings. The lowest BCUT2D eigenvalue weighted by Crippen LogP contribution is -2.36. The van der Waals surface area contributed by atoms with Crippen molar-refractivity contribution < 1.29 is 9.32 Å². The van der Waals surface area contributed by atoms with E-state index in [0.717, 1.165) is 28.2 Å². The van der Waals surface area contributed by atoms with Crippen LogP contribution >= 0.6 is 11.6 Å². The van der Waals surface area contributed by atoms with Crippen molar-refractivity contribution in [3.63, 3.8) is 0 Å². The third kappa shape index (κ3) is 3.19. The highest BCUT2D eigenvalue weighted by molar-refractivity contribution is 6.30. The van der Waals surface area contributed by atoms with Gasteiger partial charge in [0.2, 0.25) is 0 Å². The van der Waals surface area contributed by atoms with Crippen LogP contribution in [0.1, 0.15) is 27.3 Å². The molecular formula is C23H19ClN4O2. The lowest BCUT2D eigenvalue weighted by atomic mass is 10.0. The largest absolute Gasteiger partial charge is 0.356 e. The number of carbonyl (C=O) groups is 1. The summed E-state index contributed by atoms with van der Waals surface area (Å²) in [6.45, 7) is 2.96. The predicted molar refractivity (Wildman–Crippen MR) is 114 cm³/mol. The van der Waals surface area contributed by atoms with Gasteiger partial charge in [-0.2, -0.15) is 5.10 Å². The average Bonchev–Trinajstić information content (AvgIpc) is 3.37. The number of benzene rings is 2. The quantitative estimate of drug-likeness (QED) is 0.484. The Morgan fingerprint density at radius 2 is 1.87 bits per heavy atom.